The van der Waals surface area contributed by atoms with Crippen molar-refractivity contribution in [1.29, 1.82) is 0 Å². The third-order valence-corrected chi connectivity index (χ3v) is 5.30. The molecule has 0 radical (unpaired) electrons. The predicted octanol–water partition coefficient (Wildman–Crippen LogP) is 3.82. The van der Waals surface area contributed by atoms with Crippen LogP contribution in [-0.4, -0.2) is 18.1 Å². The second kappa shape index (κ2) is 8.35. The van der Waals surface area contributed by atoms with Crippen molar-refractivity contribution >= 4 is 11.9 Å². The topological polar surface area (TPSA) is 64.6 Å². The van der Waals surface area contributed by atoms with Crippen LogP contribution in [0.15, 0.2) is 54.6 Å². The fraction of sp³-hybridized carbons (Fsp3) is 0.364. The molecule has 1 saturated heterocycles. The highest BCUT2D eigenvalue weighted by Crippen LogP contribution is 2.39. The fourth-order valence-corrected chi connectivity index (χ4v) is 3.31. The van der Waals surface area contributed by atoms with E-state index in [-0.39, 0.29) is 24.7 Å². The lowest BCUT2D eigenvalue weighted by Crippen LogP contribution is -2.67. The Morgan fingerprint density at radius 2 is 1.59 bits per heavy atom. The summed E-state index contributed by atoms with van der Waals surface area (Å²) in [5.74, 6) is -0.289. The summed E-state index contributed by atoms with van der Waals surface area (Å²) < 4.78 is 11.2. The molecule has 0 aromatic heterocycles. The summed E-state index contributed by atoms with van der Waals surface area (Å²) in [6, 6.07) is 16.7. The predicted molar refractivity (Wildman–Crippen MR) is 102 cm³/mol. The molecular weight excluding hydrogens is 342 g/mol. The Kier molecular flexibility index (Phi) is 5.91. The van der Waals surface area contributed by atoms with Crippen LogP contribution in [0.5, 0.6) is 0 Å². The molecule has 142 valence electrons. The zero-order valence-electron chi connectivity index (χ0n) is 15.7. The fourth-order valence-electron chi connectivity index (χ4n) is 3.31. The summed E-state index contributed by atoms with van der Waals surface area (Å²) in [5, 5.41) is 2.83. The van der Waals surface area contributed by atoms with Crippen molar-refractivity contribution in [2.24, 2.45) is 5.41 Å². The Balaban J connectivity index is 1.51. The third kappa shape index (κ3) is 4.03. The monoisotopic (exact) mass is 367 g/mol. The number of esters is 1. The van der Waals surface area contributed by atoms with Gasteiger partial charge in [-0.05, 0) is 36.1 Å². The van der Waals surface area contributed by atoms with Crippen molar-refractivity contribution in [3.8, 4) is 0 Å². The molecule has 0 aliphatic carbocycles. The van der Waals surface area contributed by atoms with Gasteiger partial charge in [0.1, 0.15) is 12.8 Å². The number of carbonyl (C=O) groups is 2. The highest BCUT2D eigenvalue weighted by molar-refractivity contribution is 5.90. The number of amides is 1. The molecule has 3 rings (SSSR count). The molecule has 1 fully saturated rings. The van der Waals surface area contributed by atoms with E-state index in [1.165, 1.54) is 0 Å². The van der Waals surface area contributed by atoms with Crippen LogP contribution in [0.3, 0.4) is 0 Å². The van der Waals surface area contributed by atoms with Crippen LogP contribution < -0.4 is 5.32 Å². The molecule has 1 N–H and O–H groups in total. The van der Waals surface area contributed by atoms with Gasteiger partial charge >= 0.3 is 5.97 Å². The van der Waals surface area contributed by atoms with Gasteiger partial charge in [0.05, 0.1) is 17.6 Å². The Hall–Kier alpha value is -2.66. The van der Waals surface area contributed by atoms with E-state index in [4.69, 9.17) is 9.47 Å². The molecule has 5 heteroatoms. The van der Waals surface area contributed by atoms with Crippen LogP contribution in [0.4, 0.5) is 0 Å². The van der Waals surface area contributed by atoms with E-state index in [0.29, 0.717) is 12.2 Å². The first-order valence-electron chi connectivity index (χ1n) is 9.31. The van der Waals surface area contributed by atoms with Crippen LogP contribution in [0.2, 0.25) is 0 Å². The van der Waals surface area contributed by atoms with Crippen LogP contribution in [0, 0.1) is 5.41 Å². The van der Waals surface area contributed by atoms with Gasteiger partial charge in [-0.25, -0.2) is 4.79 Å². The van der Waals surface area contributed by atoms with E-state index in [2.05, 4.69) is 5.32 Å². The van der Waals surface area contributed by atoms with Crippen LogP contribution in [-0.2, 0) is 27.5 Å². The number of hydrogen-bond acceptors (Lipinski definition) is 4. The van der Waals surface area contributed by atoms with Crippen molar-refractivity contribution in [2.75, 3.05) is 0 Å². The first kappa shape index (κ1) is 19.1. The highest BCUT2D eigenvalue weighted by Gasteiger charge is 2.53. The Morgan fingerprint density at radius 3 is 2.19 bits per heavy atom. The minimum atomic E-state index is -0.415. The average Bonchev–Trinajstić information content (AvgIpc) is 2.71. The number of hydrogen-bond donors (Lipinski definition) is 1. The van der Waals surface area contributed by atoms with Gasteiger partial charge in [0.25, 0.3) is 0 Å². The van der Waals surface area contributed by atoms with Crippen LogP contribution in [0.25, 0.3) is 0 Å². The molecule has 1 atom stereocenters. The van der Waals surface area contributed by atoms with E-state index in [1.54, 1.807) is 12.1 Å². The van der Waals surface area contributed by atoms with Gasteiger partial charge in [-0.1, -0.05) is 56.3 Å². The molecule has 1 unspecified atom stereocenters. The van der Waals surface area contributed by atoms with Gasteiger partial charge < -0.3 is 14.8 Å². The summed E-state index contributed by atoms with van der Waals surface area (Å²) in [6.07, 6.45) is 1.26. The normalized spacial score (nSPS) is 17.7. The molecule has 5 nitrogen and oxygen atoms in total. The second-order valence-corrected chi connectivity index (χ2v) is 6.79. The molecule has 2 aromatic carbocycles. The molecule has 1 aliphatic rings. The summed E-state index contributed by atoms with van der Waals surface area (Å²) >= 11 is 0. The number of nitrogens with one attached hydrogen (secondary N) is 1. The van der Waals surface area contributed by atoms with Gasteiger partial charge in [0, 0.05) is 0 Å². The molecule has 0 saturated carbocycles. The molecule has 0 bridgehead atoms. The van der Waals surface area contributed by atoms with E-state index in [9.17, 15) is 9.59 Å². The summed E-state index contributed by atoms with van der Waals surface area (Å²) in [6.45, 7) is 4.65. The lowest BCUT2D eigenvalue weighted by Gasteiger charge is -2.47. The largest absolute Gasteiger partial charge is 0.457 e. The first-order valence-corrected chi connectivity index (χ1v) is 9.31. The number of β-lactam (4-membered cyclic amide) rings is 1. The van der Waals surface area contributed by atoms with E-state index < -0.39 is 5.41 Å². The van der Waals surface area contributed by atoms with Crippen molar-refractivity contribution in [3.05, 3.63) is 71.3 Å². The van der Waals surface area contributed by atoms with Gasteiger partial charge in [0.15, 0.2) is 0 Å². The number of ether oxygens (including phenoxy) is 2. The maximum absolute atomic E-state index is 12.1. The van der Waals surface area contributed by atoms with Crippen LogP contribution >= 0.6 is 0 Å². The van der Waals surface area contributed by atoms with Crippen molar-refractivity contribution in [1.82, 2.24) is 5.32 Å². The van der Waals surface area contributed by atoms with Crippen molar-refractivity contribution < 1.29 is 19.1 Å². The van der Waals surface area contributed by atoms with Gasteiger partial charge in [-0.2, -0.15) is 0 Å². The Labute approximate surface area is 159 Å². The van der Waals surface area contributed by atoms with E-state index in [1.807, 2.05) is 56.3 Å². The van der Waals surface area contributed by atoms with Crippen LogP contribution in [0.1, 0.15) is 48.2 Å². The lowest BCUT2D eigenvalue weighted by atomic mass is 9.73. The molecule has 1 heterocycles. The maximum Gasteiger partial charge on any atom is 0.338 e. The molecule has 2 aromatic rings. The lowest BCUT2D eigenvalue weighted by molar-refractivity contribution is -0.177. The molecule has 27 heavy (non-hydrogen) atoms. The quantitative estimate of drug-likeness (QED) is 0.569. The van der Waals surface area contributed by atoms with Gasteiger partial charge in [-0.3, -0.25) is 4.79 Å². The molecule has 1 aliphatic heterocycles. The molecule has 0 spiro atoms. The minimum absolute atomic E-state index is 0.0639. The third-order valence-electron chi connectivity index (χ3n) is 5.30. The SMILES string of the molecule is CCC1(CC)C(=O)NC1OCc1ccc(C(=O)OCc2ccccc2)cc1. The van der Waals surface area contributed by atoms with E-state index in [0.717, 1.165) is 24.0 Å². The zero-order valence-corrected chi connectivity index (χ0v) is 15.7. The van der Waals surface area contributed by atoms with Crippen molar-refractivity contribution in [2.45, 2.75) is 46.1 Å². The highest BCUT2D eigenvalue weighted by atomic mass is 16.5. The summed E-state index contributed by atoms with van der Waals surface area (Å²) in [4.78, 5) is 24.0. The molecular formula is C22H25NO4. The number of carbonyl (C=O) groups excluding carboxylic acids is 2. The minimum Gasteiger partial charge on any atom is -0.457 e. The summed E-state index contributed by atoms with van der Waals surface area (Å²) in [7, 11) is 0. The summed E-state index contributed by atoms with van der Waals surface area (Å²) in [5.41, 5.74) is 1.98. The van der Waals surface area contributed by atoms with Crippen molar-refractivity contribution in [3.63, 3.8) is 0 Å². The van der Waals surface area contributed by atoms with Gasteiger partial charge in [0.2, 0.25) is 5.91 Å². The maximum atomic E-state index is 12.1. The molecule has 1 amide bonds. The average molecular weight is 367 g/mol. The number of rotatable bonds is 8. The van der Waals surface area contributed by atoms with Gasteiger partial charge in [-0.15, -0.1) is 0 Å². The number of benzene rings is 2. The standard InChI is InChI=1S/C22H25NO4/c1-3-22(4-2)20(25)23-21(22)27-15-17-10-12-18(13-11-17)19(24)26-14-16-8-6-5-7-9-16/h5-13,21H,3-4,14-15H2,1-2H3,(H,23,25). The zero-order chi connectivity index (χ0) is 19.3. The smallest absolute Gasteiger partial charge is 0.338 e. The Morgan fingerprint density at radius 1 is 0.963 bits per heavy atom. The van der Waals surface area contributed by atoms with E-state index >= 15 is 0 Å². The Bertz CT molecular complexity index is 782. The first-order chi connectivity index (χ1) is 13.1. The second-order valence-electron chi connectivity index (χ2n) is 6.79.